The Balaban J connectivity index is 1.37. The van der Waals surface area contributed by atoms with Crippen LogP contribution in [0.3, 0.4) is 0 Å². The number of nitrogens with one attached hydrogen (secondary N) is 1. The number of imidazole rings is 1. The number of aromatic nitrogens is 7. The number of aryl methyl sites for hydroxylation is 1. The molecule has 0 amide bonds. The van der Waals surface area contributed by atoms with Crippen molar-refractivity contribution in [2.24, 2.45) is 0 Å². The summed E-state index contributed by atoms with van der Waals surface area (Å²) in [4.78, 5) is 33.1. The van der Waals surface area contributed by atoms with Gasteiger partial charge in [-0.3, -0.25) is 4.79 Å². The summed E-state index contributed by atoms with van der Waals surface area (Å²) in [6.07, 6.45) is 4.58. The molecule has 0 saturated heterocycles. The van der Waals surface area contributed by atoms with E-state index in [2.05, 4.69) is 25.5 Å². The quantitative estimate of drug-likeness (QED) is 0.371. The average Bonchev–Trinajstić information content (AvgIpc) is 3.64. The van der Waals surface area contributed by atoms with Crippen LogP contribution in [-0.2, 0) is 6.42 Å². The second kappa shape index (κ2) is 8.29. The third-order valence-electron chi connectivity index (χ3n) is 6.02. The van der Waals surface area contributed by atoms with Gasteiger partial charge in [-0.05, 0) is 59.2 Å². The maximum atomic E-state index is 13.3. The Morgan fingerprint density at radius 2 is 2.11 bits per heavy atom. The van der Waals surface area contributed by atoms with Crippen LogP contribution < -0.4 is 5.56 Å². The summed E-state index contributed by atoms with van der Waals surface area (Å²) in [5, 5.41) is 22.7. The van der Waals surface area contributed by atoms with E-state index in [1.54, 1.807) is 40.4 Å². The lowest BCUT2D eigenvalue weighted by Gasteiger charge is -2.15. The zero-order valence-corrected chi connectivity index (χ0v) is 19.5. The van der Waals surface area contributed by atoms with Gasteiger partial charge in [0, 0.05) is 27.7 Å². The average molecular weight is 506 g/mol. The first-order valence-corrected chi connectivity index (χ1v) is 11.9. The molecule has 35 heavy (non-hydrogen) atoms. The van der Waals surface area contributed by atoms with E-state index >= 15 is 0 Å². The summed E-state index contributed by atoms with van der Waals surface area (Å²) < 4.78 is 3.29. The fraction of sp³-hybridized carbons (Fsp3) is 0.130. The third-order valence-corrected chi connectivity index (χ3v) is 7.22. The lowest BCUT2D eigenvalue weighted by Crippen LogP contribution is -2.23. The summed E-state index contributed by atoms with van der Waals surface area (Å²) in [5.41, 5.74) is 3.90. The van der Waals surface area contributed by atoms with E-state index in [9.17, 15) is 14.7 Å². The van der Waals surface area contributed by atoms with Crippen molar-refractivity contribution in [3.05, 3.63) is 86.8 Å². The molecule has 10 nitrogen and oxygen atoms in total. The summed E-state index contributed by atoms with van der Waals surface area (Å²) in [6.45, 7) is 0. The predicted molar refractivity (Wildman–Crippen MR) is 129 cm³/mol. The van der Waals surface area contributed by atoms with E-state index in [0.717, 1.165) is 27.4 Å². The number of benzene rings is 1. The second-order valence-corrected chi connectivity index (χ2v) is 9.45. The van der Waals surface area contributed by atoms with Crippen LogP contribution in [0.1, 0.15) is 34.3 Å². The largest absolute Gasteiger partial charge is 0.478 e. The van der Waals surface area contributed by atoms with Gasteiger partial charge < -0.3 is 14.7 Å². The molecule has 2 N–H and O–H groups in total. The standard InChI is InChI=1S/C23H16ClN7O3S/c24-14-1-3-18(30-11-26-28-29-30)16(8-14)12-5-15-2-4-19(31(15)21(32)7-12)22-25-9-17(27-22)20-6-13(10-35-20)23(33)34/h1,3,5-11,19H,2,4H2,(H,25,27)(H,33,34)/t19-/m0/s1. The van der Waals surface area contributed by atoms with Crippen LogP contribution in [0.4, 0.5) is 0 Å². The molecule has 6 rings (SSSR count). The summed E-state index contributed by atoms with van der Waals surface area (Å²) in [7, 11) is 0. The molecule has 12 heteroatoms. The number of thiophene rings is 1. The number of nitrogens with zero attached hydrogens (tertiary/aromatic N) is 6. The molecule has 0 fully saturated rings. The van der Waals surface area contributed by atoms with Gasteiger partial charge in [0.1, 0.15) is 12.2 Å². The molecular formula is C23H16ClN7O3S. The van der Waals surface area contributed by atoms with Gasteiger partial charge in [-0.15, -0.1) is 16.4 Å². The van der Waals surface area contributed by atoms with Gasteiger partial charge in [-0.1, -0.05) is 11.6 Å². The van der Waals surface area contributed by atoms with Crippen LogP contribution in [0, 0.1) is 0 Å². The zero-order chi connectivity index (χ0) is 24.1. The van der Waals surface area contributed by atoms with Crippen molar-refractivity contribution in [2.75, 3.05) is 0 Å². The Morgan fingerprint density at radius 1 is 1.23 bits per heavy atom. The molecule has 0 radical (unpaired) electrons. The van der Waals surface area contributed by atoms with Gasteiger partial charge in [0.05, 0.1) is 34.1 Å². The monoisotopic (exact) mass is 505 g/mol. The number of halogens is 1. The van der Waals surface area contributed by atoms with E-state index in [1.165, 1.54) is 22.3 Å². The molecule has 0 spiro atoms. The van der Waals surface area contributed by atoms with E-state index in [0.29, 0.717) is 29.4 Å². The number of hydrogen-bond donors (Lipinski definition) is 2. The number of hydrogen-bond acceptors (Lipinski definition) is 7. The number of aromatic carboxylic acids is 1. The summed E-state index contributed by atoms with van der Waals surface area (Å²) in [5.74, 6) is -0.307. The fourth-order valence-corrected chi connectivity index (χ4v) is 5.46. The molecule has 4 aromatic heterocycles. The molecule has 174 valence electrons. The van der Waals surface area contributed by atoms with Gasteiger partial charge in [0.2, 0.25) is 0 Å². The molecule has 0 saturated carbocycles. The highest BCUT2D eigenvalue weighted by atomic mass is 35.5. The van der Waals surface area contributed by atoms with Gasteiger partial charge in [-0.25, -0.2) is 9.78 Å². The Bertz CT molecular complexity index is 1640. The molecule has 0 aliphatic carbocycles. The number of carbonyl (C=O) groups is 1. The number of carboxylic acid groups (broad SMARTS) is 1. The third kappa shape index (κ3) is 3.74. The normalized spacial score (nSPS) is 14.8. The van der Waals surface area contributed by atoms with Crippen LogP contribution in [-0.4, -0.2) is 45.8 Å². The molecule has 0 unspecified atom stereocenters. The molecule has 1 aliphatic heterocycles. The predicted octanol–water partition coefficient (Wildman–Crippen LogP) is 3.83. The number of tetrazole rings is 1. The highest BCUT2D eigenvalue weighted by molar-refractivity contribution is 7.13. The first kappa shape index (κ1) is 21.4. The zero-order valence-electron chi connectivity index (χ0n) is 17.9. The van der Waals surface area contributed by atoms with Crippen molar-refractivity contribution >= 4 is 28.9 Å². The van der Waals surface area contributed by atoms with Crippen LogP contribution in [0.15, 0.2) is 59.1 Å². The summed E-state index contributed by atoms with van der Waals surface area (Å²) in [6, 6.07) is 10.3. The SMILES string of the molecule is O=C(O)c1csc(-c2cnc([C@@H]3CCc4cc(-c5cc(Cl)ccc5-n5cnnn5)cc(=O)n43)[nH]2)c1. The number of aromatic amines is 1. The minimum atomic E-state index is -0.970. The molecule has 1 aromatic carbocycles. The second-order valence-electron chi connectivity index (χ2n) is 8.10. The van der Waals surface area contributed by atoms with Crippen LogP contribution in [0.25, 0.3) is 27.4 Å². The number of pyridine rings is 1. The number of rotatable bonds is 5. The Morgan fingerprint density at radius 3 is 2.89 bits per heavy atom. The maximum Gasteiger partial charge on any atom is 0.336 e. The minimum absolute atomic E-state index is 0.148. The van der Waals surface area contributed by atoms with E-state index in [1.807, 2.05) is 12.1 Å². The van der Waals surface area contributed by atoms with Crippen molar-refractivity contribution in [3.8, 4) is 27.4 Å². The smallest absolute Gasteiger partial charge is 0.336 e. The van der Waals surface area contributed by atoms with E-state index in [4.69, 9.17) is 11.6 Å². The van der Waals surface area contributed by atoms with Crippen molar-refractivity contribution in [3.63, 3.8) is 0 Å². The van der Waals surface area contributed by atoms with E-state index in [-0.39, 0.29) is 17.2 Å². The van der Waals surface area contributed by atoms with Crippen molar-refractivity contribution in [2.45, 2.75) is 18.9 Å². The number of carboxylic acids is 1. The fourth-order valence-electron chi connectivity index (χ4n) is 4.44. The molecule has 5 heterocycles. The highest BCUT2D eigenvalue weighted by Crippen LogP contribution is 2.35. The Hall–Kier alpha value is -4.09. The van der Waals surface area contributed by atoms with E-state index < -0.39 is 5.97 Å². The first-order valence-electron chi connectivity index (χ1n) is 10.6. The first-order chi connectivity index (χ1) is 17.0. The topological polar surface area (TPSA) is 132 Å². The van der Waals surface area contributed by atoms with Gasteiger partial charge in [0.15, 0.2) is 0 Å². The lowest BCUT2D eigenvalue weighted by atomic mass is 10.0. The van der Waals surface area contributed by atoms with Crippen molar-refractivity contribution in [1.29, 1.82) is 0 Å². The Kier molecular flexibility index (Phi) is 5.08. The van der Waals surface area contributed by atoms with Gasteiger partial charge >= 0.3 is 5.97 Å². The maximum absolute atomic E-state index is 13.3. The van der Waals surface area contributed by atoms with Crippen LogP contribution in [0.5, 0.6) is 0 Å². The lowest BCUT2D eigenvalue weighted by molar-refractivity contribution is 0.0697. The number of H-pyrrole nitrogens is 1. The molecule has 5 aromatic rings. The summed E-state index contributed by atoms with van der Waals surface area (Å²) >= 11 is 7.60. The van der Waals surface area contributed by atoms with Crippen molar-refractivity contribution < 1.29 is 9.90 Å². The van der Waals surface area contributed by atoms with Gasteiger partial charge in [0.25, 0.3) is 5.56 Å². The molecular weight excluding hydrogens is 490 g/mol. The van der Waals surface area contributed by atoms with Crippen LogP contribution in [0.2, 0.25) is 5.02 Å². The molecule has 0 bridgehead atoms. The molecule has 1 atom stereocenters. The Labute approximate surface area is 206 Å². The van der Waals surface area contributed by atoms with Gasteiger partial charge in [-0.2, -0.15) is 4.68 Å². The van der Waals surface area contributed by atoms with Crippen molar-refractivity contribution in [1.82, 2.24) is 34.7 Å². The van der Waals surface area contributed by atoms with Crippen LogP contribution >= 0.6 is 22.9 Å². The minimum Gasteiger partial charge on any atom is -0.478 e. The number of fused-ring (bicyclic) bond motifs is 1. The molecule has 1 aliphatic rings. The highest BCUT2D eigenvalue weighted by Gasteiger charge is 2.28.